The number of hydrogen-bond acceptors (Lipinski definition) is 5. The first kappa shape index (κ1) is 20.2. The highest BCUT2D eigenvalue weighted by atomic mass is 19.1. The SMILES string of the molecule is COC(=O)C1=C(C)N(Cc2ccc(F)cc2)C(=O)CC1c1cccc([N+](=O)[O-])c1. The number of rotatable bonds is 5. The molecule has 1 heterocycles. The lowest BCUT2D eigenvalue weighted by Crippen LogP contribution is -2.37. The lowest BCUT2D eigenvalue weighted by molar-refractivity contribution is -0.384. The number of nitrogens with zero attached hydrogens (tertiary/aromatic N) is 2. The van der Waals surface area contributed by atoms with Gasteiger partial charge in [0, 0.05) is 30.2 Å². The summed E-state index contributed by atoms with van der Waals surface area (Å²) in [5.74, 6) is -1.88. The second kappa shape index (κ2) is 8.22. The molecule has 1 unspecified atom stereocenters. The smallest absolute Gasteiger partial charge is 0.336 e. The number of nitro groups is 1. The van der Waals surface area contributed by atoms with Gasteiger partial charge in [0.15, 0.2) is 0 Å². The zero-order chi connectivity index (χ0) is 21.1. The number of hydrogen-bond donors (Lipinski definition) is 0. The molecule has 1 aliphatic heterocycles. The number of amides is 1. The summed E-state index contributed by atoms with van der Waals surface area (Å²) < 4.78 is 18.1. The fourth-order valence-electron chi connectivity index (χ4n) is 3.49. The molecule has 0 saturated carbocycles. The van der Waals surface area contributed by atoms with Crippen molar-refractivity contribution in [2.24, 2.45) is 0 Å². The van der Waals surface area contributed by atoms with Gasteiger partial charge in [-0.15, -0.1) is 0 Å². The van der Waals surface area contributed by atoms with E-state index in [0.717, 1.165) is 0 Å². The molecule has 0 saturated heterocycles. The molecular weight excluding hydrogens is 379 g/mol. The minimum absolute atomic E-state index is 0.0376. The normalized spacial score (nSPS) is 16.7. The van der Waals surface area contributed by atoms with Gasteiger partial charge in [-0.1, -0.05) is 24.3 Å². The lowest BCUT2D eigenvalue weighted by Gasteiger charge is -2.34. The number of halogens is 1. The zero-order valence-electron chi connectivity index (χ0n) is 15.9. The van der Waals surface area contributed by atoms with E-state index in [1.807, 2.05) is 0 Å². The highest BCUT2D eigenvalue weighted by Gasteiger charge is 2.37. The van der Waals surface area contributed by atoms with Gasteiger partial charge in [0.25, 0.3) is 5.69 Å². The van der Waals surface area contributed by atoms with Crippen LogP contribution in [-0.4, -0.2) is 28.8 Å². The lowest BCUT2D eigenvalue weighted by atomic mass is 9.83. The predicted molar refractivity (Wildman–Crippen MR) is 102 cm³/mol. The Balaban J connectivity index is 2.03. The fourth-order valence-corrected chi connectivity index (χ4v) is 3.49. The summed E-state index contributed by atoms with van der Waals surface area (Å²) in [5.41, 5.74) is 1.76. The Kier molecular flexibility index (Phi) is 5.72. The summed E-state index contributed by atoms with van der Waals surface area (Å²) in [6, 6.07) is 11.6. The number of carbonyl (C=O) groups excluding carboxylic acids is 2. The third kappa shape index (κ3) is 4.16. The second-order valence-electron chi connectivity index (χ2n) is 6.71. The predicted octanol–water partition coefficient (Wildman–Crippen LogP) is 3.70. The van der Waals surface area contributed by atoms with Gasteiger partial charge in [-0.25, -0.2) is 9.18 Å². The van der Waals surface area contributed by atoms with Crippen molar-refractivity contribution in [3.63, 3.8) is 0 Å². The molecule has 0 N–H and O–H groups in total. The van der Waals surface area contributed by atoms with Crippen molar-refractivity contribution in [3.05, 3.63) is 86.9 Å². The Morgan fingerprint density at radius 2 is 1.97 bits per heavy atom. The van der Waals surface area contributed by atoms with Gasteiger partial charge in [0.1, 0.15) is 5.82 Å². The standard InChI is InChI=1S/C21H19FN2O5/c1-13-20(21(26)29-2)18(15-4-3-5-17(10-15)24(27)28)11-19(25)23(13)12-14-6-8-16(22)9-7-14/h3-10,18H,11-12H2,1-2H3. The maximum absolute atomic E-state index is 13.2. The van der Waals surface area contributed by atoms with Gasteiger partial charge < -0.3 is 9.64 Å². The summed E-state index contributed by atoms with van der Waals surface area (Å²) in [6.07, 6.45) is -0.0376. The van der Waals surface area contributed by atoms with Crippen molar-refractivity contribution in [2.45, 2.75) is 25.8 Å². The minimum atomic E-state index is -0.653. The highest BCUT2D eigenvalue weighted by molar-refractivity contribution is 5.95. The molecule has 0 aromatic heterocycles. The molecule has 0 aliphatic carbocycles. The summed E-state index contributed by atoms with van der Waals surface area (Å²) in [6.45, 7) is 1.81. The van der Waals surface area contributed by atoms with Crippen LogP contribution < -0.4 is 0 Å². The van der Waals surface area contributed by atoms with Crippen LogP contribution in [0.1, 0.15) is 30.4 Å². The van der Waals surface area contributed by atoms with Crippen LogP contribution in [0.4, 0.5) is 10.1 Å². The van der Waals surface area contributed by atoms with E-state index in [9.17, 15) is 24.1 Å². The highest BCUT2D eigenvalue weighted by Crippen LogP contribution is 2.38. The molecule has 29 heavy (non-hydrogen) atoms. The van der Waals surface area contributed by atoms with Gasteiger partial charge in [-0.05, 0) is 30.2 Å². The van der Waals surface area contributed by atoms with Crippen LogP contribution >= 0.6 is 0 Å². The number of esters is 1. The number of ether oxygens (including phenoxy) is 1. The van der Waals surface area contributed by atoms with Crippen LogP contribution in [-0.2, 0) is 20.9 Å². The van der Waals surface area contributed by atoms with Crippen molar-refractivity contribution in [3.8, 4) is 0 Å². The molecule has 7 nitrogen and oxygen atoms in total. The summed E-state index contributed by atoms with van der Waals surface area (Å²) in [4.78, 5) is 37.4. The molecule has 0 fully saturated rings. The monoisotopic (exact) mass is 398 g/mol. The Labute approximate surface area is 166 Å². The Hall–Kier alpha value is -3.55. The Bertz CT molecular complexity index is 1000. The zero-order valence-corrected chi connectivity index (χ0v) is 15.9. The third-order valence-corrected chi connectivity index (χ3v) is 4.97. The molecule has 2 aromatic rings. The number of methoxy groups -OCH3 is 1. The molecule has 8 heteroatoms. The van der Waals surface area contributed by atoms with E-state index < -0.39 is 16.8 Å². The number of carbonyl (C=O) groups is 2. The van der Waals surface area contributed by atoms with E-state index in [0.29, 0.717) is 16.8 Å². The molecule has 150 valence electrons. The molecule has 1 amide bonds. The summed E-state index contributed by atoms with van der Waals surface area (Å²) in [5, 5.41) is 11.1. The number of nitro benzene ring substituents is 1. The molecule has 0 spiro atoms. The largest absolute Gasteiger partial charge is 0.466 e. The van der Waals surface area contributed by atoms with Crippen LogP contribution in [0.2, 0.25) is 0 Å². The van der Waals surface area contributed by atoms with E-state index in [2.05, 4.69) is 0 Å². The van der Waals surface area contributed by atoms with Crippen molar-refractivity contribution in [1.82, 2.24) is 4.90 Å². The fraction of sp³-hybridized carbons (Fsp3) is 0.238. The minimum Gasteiger partial charge on any atom is -0.466 e. The van der Waals surface area contributed by atoms with Crippen molar-refractivity contribution in [2.75, 3.05) is 7.11 Å². The van der Waals surface area contributed by atoms with Gasteiger partial charge in [-0.3, -0.25) is 14.9 Å². The van der Waals surface area contributed by atoms with Crippen LogP contribution in [0.5, 0.6) is 0 Å². The van der Waals surface area contributed by atoms with Gasteiger partial charge >= 0.3 is 5.97 Å². The van der Waals surface area contributed by atoms with Crippen LogP contribution in [0, 0.1) is 15.9 Å². The maximum Gasteiger partial charge on any atom is 0.336 e. The average molecular weight is 398 g/mol. The summed E-state index contributed by atoms with van der Waals surface area (Å²) in [7, 11) is 1.24. The average Bonchev–Trinajstić information content (AvgIpc) is 2.71. The van der Waals surface area contributed by atoms with Gasteiger partial charge in [0.2, 0.25) is 5.91 Å². The van der Waals surface area contributed by atoms with Gasteiger partial charge in [-0.2, -0.15) is 0 Å². The van der Waals surface area contributed by atoms with Crippen LogP contribution in [0.3, 0.4) is 0 Å². The quantitative estimate of drug-likeness (QED) is 0.435. The first-order valence-electron chi connectivity index (χ1n) is 8.90. The van der Waals surface area contributed by atoms with Crippen molar-refractivity contribution in [1.29, 1.82) is 0 Å². The number of allylic oxidation sites excluding steroid dienone is 1. The number of non-ortho nitro benzene ring substituents is 1. The topological polar surface area (TPSA) is 89.8 Å². The summed E-state index contributed by atoms with van der Waals surface area (Å²) >= 11 is 0. The number of benzene rings is 2. The van der Waals surface area contributed by atoms with Crippen molar-refractivity contribution < 1.29 is 23.6 Å². The van der Waals surface area contributed by atoms with Crippen LogP contribution in [0.15, 0.2) is 59.8 Å². The van der Waals surface area contributed by atoms with E-state index in [1.54, 1.807) is 25.1 Å². The first-order chi connectivity index (χ1) is 13.8. The van der Waals surface area contributed by atoms with Gasteiger partial charge in [0.05, 0.1) is 24.2 Å². The van der Waals surface area contributed by atoms with E-state index in [4.69, 9.17) is 4.74 Å². The van der Waals surface area contributed by atoms with Crippen molar-refractivity contribution >= 4 is 17.6 Å². The molecule has 1 aliphatic rings. The molecular formula is C21H19FN2O5. The third-order valence-electron chi connectivity index (χ3n) is 4.97. The van der Waals surface area contributed by atoms with E-state index >= 15 is 0 Å². The molecule has 3 rings (SSSR count). The Morgan fingerprint density at radius 1 is 1.28 bits per heavy atom. The van der Waals surface area contributed by atoms with E-state index in [1.165, 1.54) is 42.3 Å². The first-order valence-corrected chi connectivity index (χ1v) is 8.90. The maximum atomic E-state index is 13.2. The molecule has 2 aromatic carbocycles. The molecule has 1 atom stereocenters. The molecule has 0 bridgehead atoms. The van der Waals surface area contributed by atoms with Crippen LogP contribution in [0.25, 0.3) is 0 Å². The second-order valence-corrected chi connectivity index (χ2v) is 6.71. The molecule has 0 radical (unpaired) electrons. The van der Waals surface area contributed by atoms with E-state index in [-0.39, 0.29) is 36.0 Å². The Morgan fingerprint density at radius 3 is 2.59 bits per heavy atom.